The number of pyridine rings is 1. The van der Waals surface area contributed by atoms with Crippen LogP contribution in [0.5, 0.6) is 0 Å². The molecule has 1 saturated heterocycles. The summed E-state index contributed by atoms with van der Waals surface area (Å²) >= 11 is 0. The van der Waals surface area contributed by atoms with Gasteiger partial charge in [0.15, 0.2) is 11.4 Å². The van der Waals surface area contributed by atoms with Gasteiger partial charge in [-0.2, -0.15) is 0 Å². The zero-order valence-electron chi connectivity index (χ0n) is 12.9. The van der Waals surface area contributed by atoms with Crippen LogP contribution in [0.2, 0.25) is 0 Å². The van der Waals surface area contributed by atoms with Crippen molar-refractivity contribution in [3.05, 3.63) is 35.9 Å². The van der Waals surface area contributed by atoms with Gasteiger partial charge in [0.05, 0.1) is 12.2 Å². The summed E-state index contributed by atoms with van der Waals surface area (Å²) in [5.74, 6) is 0.105. The molecule has 120 valence electrons. The average molecular weight is 315 g/mol. The van der Waals surface area contributed by atoms with Crippen molar-refractivity contribution in [2.24, 2.45) is 0 Å². The molecule has 2 aromatic rings. The molecule has 9 heteroatoms. The second-order valence-electron chi connectivity index (χ2n) is 5.48. The quantitative estimate of drug-likeness (QED) is 0.803. The van der Waals surface area contributed by atoms with Crippen molar-refractivity contribution in [1.82, 2.24) is 35.4 Å². The fraction of sp³-hybridized carbons (Fsp3) is 0.429. The van der Waals surface area contributed by atoms with Crippen LogP contribution in [0.4, 0.5) is 4.79 Å². The zero-order valence-corrected chi connectivity index (χ0v) is 12.9. The summed E-state index contributed by atoms with van der Waals surface area (Å²) in [4.78, 5) is 30.3. The smallest absolute Gasteiger partial charge is 0.318 e. The normalized spacial score (nSPS) is 20.9. The minimum atomic E-state index is -1.18. The minimum Gasteiger partial charge on any atom is -0.318 e. The molecule has 1 aliphatic rings. The molecular weight excluding hydrogens is 298 g/mol. The van der Waals surface area contributed by atoms with Crippen molar-refractivity contribution < 1.29 is 9.59 Å². The van der Waals surface area contributed by atoms with Crippen molar-refractivity contribution >= 4 is 11.9 Å². The van der Waals surface area contributed by atoms with Crippen LogP contribution in [0.3, 0.4) is 0 Å². The number of aryl methyl sites for hydroxylation is 1. The average Bonchev–Trinajstić information content (AvgIpc) is 3.08. The molecule has 1 unspecified atom stereocenters. The first-order valence-corrected chi connectivity index (χ1v) is 7.37. The van der Waals surface area contributed by atoms with Gasteiger partial charge in [-0.25, -0.2) is 9.48 Å². The van der Waals surface area contributed by atoms with Crippen LogP contribution in [0.1, 0.15) is 31.8 Å². The number of rotatable bonds is 5. The molecule has 1 aliphatic heterocycles. The van der Waals surface area contributed by atoms with Crippen molar-refractivity contribution in [3.63, 3.8) is 0 Å². The molecule has 23 heavy (non-hydrogen) atoms. The lowest BCUT2D eigenvalue weighted by molar-refractivity contribution is -0.131. The Balaban J connectivity index is 1.86. The molecule has 0 radical (unpaired) electrons. The lowest BCUT2D eigenvalue weighted by Crippen LogP contribution is -2.41. The molecule has 9 nitrogen and oxygen atoms in total. The number of tetrazole rings is 1. The Bertz CT molecular complexity index is 730. The van der Waals surface area contributed by atoms with Crippen molar-refractivity contribution in [1.29, 1.82) is 0 Å². The summed E-state index contributed by atoms with van der Waals surface area (Å²) in [5, 5.41) is 14.1. The van der Waals surface area contributed by atoms with Crippen molar-refractivity contribution in [2.75, 3.05) is 0 Å². The Morgan fingerprint density at radius 2 is 2.13 bits per heavy atom. The molecule has 0 saturated carbocycles. The zero-order chi connectivity index (χ0) is 16.4. The summed E-state index contributed by atoms with van der Waals surface area (Å²) in [7, 11) is 0. The van der Waals surface area contributed by atoms with Gasteiger partial charge >= 0.3 is 6.03 Å². The van der Waals surface area contributed by atoms with Gasteiger partial charge in [-0.15, -0.1) is 5.10 Å². The van der Waals surface area contributed by atoms with Gasteiger partial charge in [-0.1, -0.05) is 13.0 Å². The molecule has 1 atom stereocenters. The van der Waals surface area contributed by atoms with E-state index in [1.54, 1.807) is 36.0 Å². The number of amides is 3. The maximum atomic E-state index is 12.8. The molecule has 0 spiro atoms. The Morgan fingerprint density at radius 1 is 1.30 bits per heavy atom. The van der Waals surface area contributed by atoms with Gasteiger partial charge in [-0.05, 0) is 35.9 Å². The highest BCUT2D eigenvalue weighted by molar-refractivity contribution is 6.06. The van der Waals surface area contributed by atoms with Crippen LogP contribution < -0.4 is 5.32 Å². The standard InChI is InChI=1S/C14H17N7O2/c1-3-8-21-11(17-18-19-21)9-20-12(22)14(2,16-13(20)23)10-6-4-5-7-15-10/h4-7H,3,8-9H2,1-2H3,(H,16,23). The van der Waals surface area contributed by atoms with E-state index in [-0.39, 0.29) is 12.5 Å². The maximum absolute atomic E-state index is 12.8. The molecular formula is C14H17N7O2. The predicted molar refractivity (Wildman–Crippen MR) is 78.8 cm³/mol. The number of carbonyl (C=O) groups excluding carboxylic acids is 2. The van der Waals surface area contributed by atoms with Gasteiger partial charge in [0.25, 0.3) is 5.91 Å². The Morgan fingerprint density at radius 3 is 2.83 bits per heavy atom. The van der Waals surface area contributed by atoms with Gasteiger partial charge in [0, 0.05) is 12.7 Å². The Hall–Kier alpha value is -2.84. The molecule has 0 aromatic carbocycles. The third-order valence-corrected chi connectivity index (χ3v) is 3.79. The summed E-state index contributed by atoms with van der Waals surface area (Å²) in [6, 6.07) is 4.76. The first-order valence-electron chi connectivity index (χ1n) is 7.37. The second-order valence-corrected chi connectivity index (χ2v) is 5.48. The van der Waals surface area contributed by atoms with E-state index in [2.05, 4.69) is 25.8 Å². The van der Waals surface area contributed by atoms with E-state index in [0.717, 1.165) is 11.3 Å². The number of hydrogen-bond acceptors (Lipinski definition) is 6. The number of imide groups is 1. The van der Waals surface area contributed by atoms with Crippen LogP contribution in [0, 0.1) is 0 Å². The van der Waals surface area contributed by atoms with Gasteiger partial charge < -0.3 is 5.32 Å². The summed E-state index contributed by atoms with van der Waals surface area (Å²) in [6.45, 7) is 4.30. The SMILES string of the molecule is CCCn1nnnc1CN1C(=O)NC(C)(c2ccccn2)C1=O. The fourth-order valence-electron chi connectivity index (χ4n) is 2.54. The lowest BCUT2D eigenvalue weighted by atomic mass is 9.97. The lowest BCUT2D eigenvalue weighted by Gasteiger charge is -2.20. The van der Waals surface area contributed by atoms with Crippen LogP contribution in [0.15, 0.2) is 24.4 Å². The van der Waals surface area contributed by atoms with E-state index in [4.69, 9.17) is 0 Å². The third kappa shape index (κ3) is 2.54. The highest BCUT2D eigenvalue weighted by Gasteiger charge is 2.50. The molecule has 3 heterocycles. The molecule has 3 amide bonds. The first kappa shape index (κ1) is 15.1. The molecule has 3 rings (SSSR count). The maximum Gasteiger partial charge on any atom is 0.325 e. The van der Waals surface area contributed by atoms with E-state index in [1.807, 2.05) is 6.92 Å². The van der Waals surface area contributed by atoms with Gasteiger partial charge in [0.1, 0.15) is 0 Å². The van der Waals surface area contributed by atoms with Crippen LogP contribution >= 0.6 is 0 Å². The summed E-state index contributed by atoms with van der Waals surface area (Å²) in [6.07, 6.45) is 2.44. The second kappa shape index (κ2) is 5.75. The van der Waals surface area contributed by atoms with Crippen LogP contribution in [0.25, 0.3) is 0 Å². The third-order valence-electron chi connectivity index (χ3n) is 3.79. The minimum absolute atomic E-state index is 0.0279. The highest BCUT2D eigenvalue weighted by atomic mass is 16.2. The molecule has 0 bridgehead atoms. The van der Waals surface area contributed by atoms with E-state index >= 15 is 0 Å². The van der Waals surface area contributed by atoms with Crippen molar-refractivity contribution in [3.8, 4) is 0 Å². The molecule has 1 fully saturated rings. The topological polar surface area (TPSA) is 106 Å². The van der Waals surface area contributed by atoms with Crippen LogP contribution in [-0.4, -0.2) is 42.0 Å². The number of nitrogens with zero attached hydrogens (tertiary/aromatic N) is 6. The molecule has 2 aromatic heterocycles. The number of hydrogen-bond donors (Lipinski definition) is 1. The van der Waals surface area contributed by atoms with Gasteiger partial charge in [0.2, 0.25) is 0 Å². The summed E-state index contributed by atoms with van der Waals surface area (Å²) < 4.78 is 1.59. The van der Waals surface area contributed by atoms with Crippen molar-refractivity contribution in [2.45, 2.75) is 38.9 Å². The highest BCUT2D eigenvalue weighted by Crippen LogP contribution is 2.27. The van der Waals surface area contributed by atoms with E-state index in [0.29, 0.717) is 18.1 Å². The number of urea groups is 1. The fourth-order valence-corrected chi connectivity index (χ4v) is 2.54. The first-order chi connectivity index (χ1) is 11.1. The largest absolute Gasteiger partial charge is 0.325 e. The number of aromatic nitrogens is 5. The Labute approximate surface area is 132 Å². The number of nitrogens with one attached hydrogen (secondary N) is 1. The Kier molecular flexibility index (Phi) is 3.77. The van der Waals surface area contributed by atoms with E-state index < -0.39 is 11.6 Å². The van der Waals surface area contributed by atoms with E-state index in [1.165, 1.54) is 0 Å². The monoisotopic (exact) mass is 315 g/mol. The predicted octanol–water partition coefficient (Wildman–Crippen LogP) is 0.445. The summed E-state index contributed by atoms with van der Waals surface area (Å²) in [5.41, 5.74) is -0.685. The molecule has 1 N–H and O–H groups in total. The van der Waals surface area contributed by atoms with Crippen LogP contribution in [-0.2, 0) is 23.4 Å². The van der Waals surface area contributed by atoms with E-state index in [9.17, 15) is 9.59 Å². The molecule has 0 aliphatic carbocycles. The number of carbonyl (C=O) groups is 2. The van der Waals surface area contributed by atoms with Gasteiger partial charge in [-0.3, -0.25) is 14.7 Å².